The summed E-state index contributed by atoms with van der Waals surface area (Å²) in [7, 11) is 0. The quantitative estimate of drug-likeness (QED) is 0.746. The highest BCUT2D eigenvalue weighted by Gasteiger charge is 2.41. The van der Waals surface area contributed by atoms with Crippen molar-refractivity contribution in [1.29, 1.82) is 0 Å². The van der Waals surface area contributed by atoms with Crippen molar-refractivity contribution in [3.8, 4) is 0 Å². The summed E-state index contributed by atoms with van der Waals surface area (Å²) >= 11 is 0. The number of hydrogen-bond donors (Lipinski definition) is 2. The number of rotatable bonds is 7. The maximum Gasteiger partial charge on any atom is 0.117 e. The normalized spacial score (nSPS) is 17.6. The van der Waals surface area contributed by atoms with Gasteiger partial charge in [-0.2, -0.15) is 0 Å². The molecule has 0 aromatic heterocycles. The molecule has 0 spiro atoms. The van der Waals surface area contributed by atoms with E-state index in [2.05, 4.69) is 74.2 Å². The molecular weight excluding hydrogens is 346 g/mol. The Morgan fingerprint density at radius 2 is 1.39 bits per heavy atom. The van der Waals surface area contributed by atoms with Crippen LogP contribution in [0.1, 0.15) is 54.9 Å². The van der Waals surface area contributed by atoms with Crippen molar-refractivity contribution in [1.82, 2.24) is 4.90 Å². The van der Waals surface area contributed by atoms with Crippen molar-refractivity contribution in [3.63, 3.8) is 0 Å². The SMILES string of the molecule is Cc1ccc(C(O)(c2ccc(C)cc2)C2CCN(C(C)CCCO)CC2)cc1. The molecule has 1 aliphatic heterocycles. The minimum absolute atomic E-state index is 0.194. The Morgan fingerprint density at radius 1 is 0.929 bits per heavy atom. The molecule has 2 N–H and O–H groups in total. The smallest absolute Gasteiger partial charge is 0.117 e. The maximum atomic E-state index is 12.1. The molecule has 3 heteroatoms. The first kappa shape index (κ1) is 21.0. The van der Waals surface area contributed by atoms with Crippen molar-refractivity contribution in [2.45, 2.75) is 58.1 Å². The zero-order chi connectivity index (χ0) is 20.1. The van der Waals surface area contributed by atoms with E-state index in [1.54, 1.807) is 0 Å². The number of nitrogens with zero attached hydrogens (tertiary/aromatic N) is 1. The number of hydrogen-bond acceptors (Lipinski definition) is 3. The highest BCUT2D eigenvalue weighted by molar-refractivity contribution is 5.39. The molecule has 3 nitrogen and oxygen atoms in total. The van der Waals surface area contributed by atoms with Crippen molar-refractivity contribution < 1.29 is 10.2 Å². The molecule has 3 rings (SSSR count). The number of benzene rings is 2. The second kappa shape index (κ2) is 9.21. The third kappa shape index (κ3) is 4.48. The molecule has 1 saturated heterocycles. The monoisotopic (exact) mass is 381 g/mol. The molecule has 1 unspecified atom stereocenters. The lowest BCUT2D eigenvalue weighted by Crippen LogP contribution is -2.46. The highest BCUT2D eigenvalue weighted by atomic mass is 16.3. The van der Waals surface area contributed by atoms with Gasteiger partial charge in [0.05, 0.1) is 0 Å². The van der Waals surface area contributed by atoms with Crippen LogP contribution in [0.4, 0.5) is 0 Å². The summed E-state index contributed by atoms with van der Waals surface area (Å²) in [6, 6.07) is 17.2. The van der Waals surface area contributed by atoms with Crippen LogP contribution in [0.3, 0.4) is 0 Å². The second-order valence-corrected chi connectivity index (χ2v) is 8.52. The Hall–Kier alpha value is -1.68. The summed E-state index contributed by atoms with van der Waals surface area (Å²) < 4.78 is 0. The van der Waals surface area contributed by atoms with Crippen LogP contribution < -0.4 is 0 Å². The molecule has 1 fully saturated rings. The molecule has 1 heterocycles. The Kier molecular flexibility index (Phi) is 6.92. The van der Waals surface area contributed by atoms with Gasteiger partial charge < -0.3 is 15.1 Å². The molecule has 1 aliphatic rings. The Labute approximate surface area is 170 Å². The fourth-order valence-corrected chi connectivity index (χ4v) is 4.58. The molecule has 0 aliphatic carbocycles. The van der Waals surface area contributed by atoms with Crippen LogP contribution in [0.5, 0.6) is 0 Å². The lowest BCUT2D eigenvalue weighted by atomic mass is 9.71. The van der Waals surface area contributed by atoms with E-state index in [1.165, 1.54) is 11.1 Å². The van der Waals surface area contributed by atoms with Gasteiger partial charge in [-0.1, -0.05) is 59.7 Å². The maximum absolute atomic E-state index is 12.1. The van der Waals surface area contributed by atoms with Crippen LogP contribution in [0.25, 0.3) is 0 Å². The third-order valence-corrected chi connectivity index (χ3v) is 6.51. The lowest BCUT2D eigenvalue weighted by Gasteiger charge is -2.44. The van der Waals surface area contributed by atoms with Crippen LogP contribution in [-0.2, 0) is 5.60 Å². The summed E-state index contributed by atoms with van der Waals surface area (Å²) in [5.74, 6) is 0.194. The van der Waals surface area contributed by atoms with Crippen molar-refractivity contribution in [2.24, 2.45) is 5.92 Å². The molecular formula is C25H35NO2. The standard InChI is InChI=1S/C25H35NO2/c1-19-6-10-22(11-7-19)25(28,23-12-8-20(2)9-13-23)24-14-16-26(17-15-24)21(3)5-4-18-27/h6-13,21,24,27-28H,4-5,14-18H2,1-3H3. The number of likely N-dealkylation sites (tertiary alicyclic amines) is 1. The molecule has 0 radical (unpaired) electrons. The van der Waals surface area contributed by atoms with Gasteiger partial charge in [-0.25, -0.2) is 0 Å². The number of piperidine rings is 1. The van der Waals surface area contributed by atoms with Crippen molar-refractivity contribution >= 4 is 0 Å². The average Bonchev–Trinajstić information content (AvgIpc) is 2.72. The summed E-state index contributed by atoms with van der Waals surface area (Å²) in [4.78, 5) is 2.51. The van der Waals surface area contributed by atoms with Crippen LogP contribution in [0.2, 0.25) is 0 Å². The van der Waals surface area contributed by atoms with Crippen LogP contribution in [0, 0.1) is 19.8 Å². The largest absolute Gasteiger partial charge is 0.396 e. The fourth-order valence-electron chi connectivity index (χ4n) is 4.58. The van der Waals surface area contributed by atoms with Crippen molar-refractivity contribution in [3.05, 3.63) is 70.8 Å². The fraction of sp³-hybridized carbons (Fsp3) is 0.520. The van der Waals surface area contributed by atoms with Gasteiger partial charge in [-0.15, -0.1) is 0 Å². The Morgan fingerprint density at radius 3 is 1.82 bits per heavy atom. The van der Waals surface area contributed by atoms with Gasteiger partial charge in [0.25, 0.3) is 0 Å². The zero-order valence-corrected chi connectivity index (χ0v) is 17.6. The first-order valence-corrected chi connectivity index (χ1v) is 10.7. The summed E-state index contributed by atoms with van der Waals surface area (Å²) in [6.07, 6.45) is 3.84. The zero-order valence-electron chi connectivity index (χ0n) is 17.6. The first-order chi connectivity index (χ1) is 13.4. The van der Waals surface area contributed by atoms with Crippen LogP contribution in [-0.4, -0.2) is 40.9 Å². The van der Waals surface area contributed by atoms with E-state index in [-0.39, 0.29) is 12.5 Å². The first-order valence-electron chi connectivity index (χ1n) is 10.7. The van der Waals surface area contributed by atoms with Crippen LogP contribution in [0.15, 0.2) is 48.5 Å². The topological polar surface area (TPSA) is 43.7 Å². The molecule has 28 heavy (non-hydrogen) atoms. The summed E-state index contributed by atoms with van der Waals surface area (Å²) in [5, 5.41) is 21.2. The lowest BCUT2D eigenvalue weighted by molar-refractivity contribution is -0.0201. The van der Waals surface area contributed by atoms with Gasteiger partial charge in [0.2, 0.25) is 0 Å². The minimum Gasteiger partial charge on any atom is -0.396 e. The third-order valence-electron chi connectivity index (χ3n) is 6.51. The van der Waals surface area contributed by atoms with E-state index in [1.807, 2.05) is 0 Å². The molecule has 0 saturated carbocycles. The van der Waals surface area contributed by atoms with E-state index < -0.39 is 5.60 Å². The number of aryl methyl sites for hydroxylation is 2. The predicted molar refractivity (Wildman–Crippen MR) is 115 cm³/mol. The number of aliphatic hydroxyl groups is 2. The van der Waals surface area contributed by atoms with Crippen molar-refractivity contribution in [2.75, 3.05) is 19.7 Å². The predicted octanol–water partition coefficient (Wildman–Crippen LogP) is 4.41. The molecule has 0 bridgehead atoms. The van der Waals surface area contributed by atoms with E-state index in [0.717, 1.165) is 49.9 Å². The van der Waals surface area contributed by atoms with Gasteiger partial charge in [0, 0.05) is 12.6 Å². The molecule has 152 valence electrons. The molecule has 0 amide bonds. The van der Waals surface area contributed by atoms with Gasteiger partial charge in [-0.3, -0.25) is 0 Å². The van der Waals surface area contributed by atoms with Crippen LogP contribution >= 0.6 is 0 Å². The molecule has 2 aromatic carbocycles. The van der Waals surface area contributed by atoms with Gasteiger partial charge in [0.15, 0.2) is 0 Å². The Balaban J connectivity index is 1.84. The van der Waals surface area contributed by atoms with E-state index in [4.69, 9.17) is 5.11 Å². The molecule has 1 atom stereocenters. The minimum atomic E-state index is -0.957. The summed E-state index contributed by atoms with van der Waals surface area (Å²) in [5.41, 5.74) is 3.45. The van der Waals surface area contributed by atoms with Gasteiger partial charge in [0.1, 0.15) is 5.60 Å². The number of aliphatic hydroxyl groups excluding tert-OH is 1. The van der Waals surface area contributed by atoms with Gasteiger partial charge in [-0.05, 0) is 76.6 Å². The summed E-state index contributed by atoms with van der Waals surface area (Å²) in [6.45, 7) is 8.68. The molecule has 2 aromatic rings. The van der Waals surface area contributed by atoms with E-state index >= 15 is 0 Å². The average molecular weight is 382 g/mol. The Bertz CT molecular complexity index is 685. The second-order valence-electron chi connectivity index (χ2n) is 8.52. The van der Waals surface area contributed by atoms with Gasteiger partial charge >= 0.3 is 0 Å². The van der Waals surface area contributed by atoms with E-state index in [0.29, 0.717) is 6.04 Å². The highest BCUT2D eigenvalue weighted by Crippen LogP contribution is 2.42. The van der Waals surface area contributed by atoms with E-state index in [9.17, 15) is 5.11 Å².